The van der Waals surface area contributed by atoms with Crippen molar-refractivity contribution in [2.75, 3.05) is 11.1 Å². The normalized spacial score (nSPS) is 10.3. The van der Waals surface area contributed by atoms with Crippen molar-refractivity contribution < 1.29 is 9.59 Å². The quantitative estimate of drug-likeness (QED) is 0.820. The van der Waals surface area contributed by atoms with Crippen LogP contribution in [-0.2, 0) is 11.2 Å². The van der Waals surface area contributed by atoms with E-state index in [1.54, 1.807) is 12.1 Å². The number of aryl methyl sites for hydroxylation is 2. The molecular weight excluding hydrogens is 320 g/mol. The van der Waals surface area contributed by atoms with Gasteiger partial charge >= 0.3 is 6.03 Å². The van der Waals surface area contributed by atoms with Crippen LogP contribution in [-0.4, -0.2) is 27.0 Å². The Morgan fingerprint density at radius 2 is 2.00 bits per heavy atom. The van der Waals surface area contributed by atoms with Crippen molar-refractivity contribution in [3.8, 4) is 0 Å². The van der Waals surface area contributed by atoms with Crippen molar-refractivity contribution in [1.29, 1.82) is 0 Å². The lowest BCUT2D eigenvalue weighted by Crippen LogP contribution is -2.35. The summed E-state index contributed by atoms with van der Waals surface area (Å²) in [4.78, 5) is 27.6. The second-order valence-electron chi connectivity index (χ2n) is 4.49. The molecular formula is C14H16N4O2S2. The molecule has 0 bridgehead atoms. The smallest absolute Gasteiger partial charge is 0.308 e. The van der Waals surface area contributed by atoms with E-state index in [4.69, 9.17) is 0 Å². The Balaban J connectivity index is 1.76. The molecule has 0 radical (unpaired) electrons. The Morgan fingerprint density at radius 1 is 1.27 bits per heavy atom. The molecule has 6 nitrogen and oxygen atoms in total. The molecule has 1 aromatic heterocycles. The first-order valence-electron chi connectivity index (χ1n) is 6.69. The standard InChI is InChI=1S/C14H16N4O2S2/c1-3-11-16-14(22-18-11)21-8-12(19)17-13(20)15-10-6-4-9(2)5-7-10/h4-7H,3,8H2,1-2H3,(H2,15,17,19,20). The van der Waals surface area contributed by atoms with Gasteiger partial charge in [0.25, 0.3) is 0 Å². The number of urea groups is 1. The number of carbonyl (C=O) groups excluding carboxylic acids is 2. The molecule has 116 valence electrons. The molecule has 8 heteroatoms. The third-order valence-corrected chi connectivity index (χ3v) is 4.53. The fourth-order valence-electron chi connectivity index (χ4n) is 1.53. The van der Waals surface area contributed by atoms with Crippen LogP contribution in [0.15, 0.2) is 28.6 Å². The SMILES string of the molecule is CCc1nsc(SCC(=O)NC(=O)Nc2ccc(C)cc2)n1. The number of thioether (sulfide) groups is 1. The molecule has 2 aromatic rings. The van der Waals surface area contributed by atoms with E-state index in [-0.39, 0.29) is 11.7 Å². The number of aromatic nitrogens is 2. The number of rotatable bonds is 5. The lowest BCUT2D eigenvalue weighted by Gasteiger charge is -2.06. The molecule has 3 amide bonds. The first-order valence-corrected chi connectivity index (χ1v) is 8.45. The minimum atomic E-state index is -0.541. The van der Waals surface area contributed by atoms with Gasteiger partial charge in [-0.15, -0.1) is 0 Å². The summed E-state index contributed by atoms with van der Waals surface area (Å²) in [6, 6.07) is 6.78. The first-order chi connectivity index (χ1) is 10.6. The van der Waals surface area contributed by atoms with Gasteiger partial charge in [-0.25, -0.2) is 9.78 Å². The number of nitrogens with zero attached hydrogens (tertiary/aromatic N) is 2. The summed E-state index contributed by atoms with van der Waals surface area (Å²) in [7, 11) is 0. The molecule has 0 aliphatic carbocycles. The molecule has 0 aliphatic heterocycles. The number of carbonyl (C=O) groups is 2. The fourth-order valence-corrected chi connectivity index (χ4v) is 3.03. The number of anilines is 1. The van der Waals surface area contributed by atoms with Gasteiger partial charge in [0, 0.05) is 12.1 Å². The van der Waals surface area contributed by atoms with Crippen LogP contribution in [0, 0.1) is 6.92 Å². The van der Waals surface area contributed by atoms with Crippen LogP contribution in [0.2, 0.25) is 0 Å². The van der Waals surface area contributed by atoms with Gasteiger partial charge in [-0.3, -0.25) is 10.1 Å². The monoisotopic (exact) mass is 336 g/mol. The Kier molecular flexibility index (Phi) is 5.91. The summed E-state index contributed by atoms with van der Waals surface area (Å²) in [5.41, 5.74) is 1.74. The molecule has 22 heavy (non-hydrogen) atoms. The fraction of sp³-hybridized carbons (Fsp3) is 0.286. The number of benzene rings is 1. The van der Waals surface area contributed by atoms with E-state index in [1.165, 1.54) is 23.3 Å². The number of nitrogens with one attached hydrogen (secondary N) is 2. The molecule has 0 atom stereocenters. The predicted octanol–water partition coefficient (Wildman–Crippen LogP) is 2.85. The van der Waals surface area contributed by atoms with E-state index in [0.717, 1.165) is 22.1 Å². The molecule has 0 saturated carbocycles. The van der Waals surface area contributed by atoms with Gasteiger partial charge in [0.15, 0.2) is 4.34 Å². The van der Waals surface area contributed by atoms with Gasteiger partial charge in [0.05, 0.1) is 5.75 Å². The van der Waals surface area contributed by atoms with Gasteiger partial charge in [-0.2, -0.15) is 4.37 Å². The van der Waals surface area contributed by atoms with Crippen molar-refractivity contribution in [3.63, 3.8) is 0 Å². The number of imide groups is 1. The molecule has 2 N–H and O–H groups in total. The van der Waals surface area contributed by atoms with E-state index in [1.807, 2.05) is 26.0 Å². The van der Waals surface area contributed by atoms with Gasteiger partial charge < -0.3 is 5.32 Å². The Morgan fingerprint density at radius 3 is 2.64 bits per heavy atom. The van der Waals surface area contributed by atoms with Crippen LogP contribution in [0.25, 0.3) is 0 Å². The first kappa shape index (κ1) is 16.4. The van der Waals surface area contributed by atoms with E-state index in [0.29, 0.717) is 5.69 Å². The summed E-state index contributed by atoms with van der Waals surface area (Å²) >= 11 is 2.53. The van der Waals surface area contributed by atoms with Crippen molar-refractivity contribution >= 4 is 40.9 Å². The third-order valence-electron chi connectivity index (χ3n) is 2.65. The Labute approximate surface area is 136 Å². The average Bonchev–Trinajstić information content (AvgIpc) is 2.95. The van der Waals surface area contributed by atoms with Crippen molar-refractivity contribution in [1.82, 2.24) is 14.7 Å². The number of hydrogen-bond acceptors (Lipinski definition) is 6. The lowest BCUT2D eigenvalue weighted by atomic mass is 10.2. The maximum Gasteiger partial charge on any atom is 0.325 e. The molecule has 0 unspecified atom stereocenters. The topological polar surface area (TPSA) is 84.0 Å². The van der Waals surface area contributed by atoms with Gasteiger partial charge in [0.1, 0.15) is 5.82 Å². The summed E-state index contributed by atoms with van der Waals surface area (Å²) in [6.07, 6.45) is 0.766. The van der Waals surface area contributed by atoms with Crippen molar-refractivity contribution in [2.24, 2.45) is 0 Å². The van der Waals surface area contributed by atoms with Gasteiger partial charge in [0.2, 0.25) is 5.91 Å². The van der Waals surface area contributed by atoms with Crippen LogP contribution < -0.4 is 10.6 Å². The summed E-state index contributed by atoms with van der Waals surface area (Å²) in [5, 5.41) is 4.89. The summed E-state index contributed by atoms with van der Waals surface area (Å²) in [6.45, 7) is 3.93. The van der Waals surface area contributed by atoms with E-state index >= 15 is 0 Å². The second-order valence-corrected chi connectivity index (χ2v) is 6.46. The van der Waals surface area contributed by atoms with Crippen LogP contribution in [0.4, 0.5) is 10.5 Å². The number of amides is 3. The number of hydrogen-bond donors (Lipinski definition) is 2. The zero-order valence-electron chi connectivity index (χ0n) is 12.3. The minimum Gasteiger partial charge on any atom is -0.308 e. The van der Waals surface area contributed by atoms with Gasteiger partial charge in [-0.1, -0.05) is 36.4 Å². The highest BCUT2D eigenvalue weighted by atomic mass is 32.2. The van der Waals surface area contributed by atoms with Crippen molar-refractivity contribution in [2.45, 2.75) is 24.6 Å². The summed E-state index contributed by atoms with van der Waals surface area (Å²) < 4.78 is 4.86. The Hall–Kier alpha value is -1.93. The highest BCUT2D eigenvalue weighted by Crippen LogP contribution is 2.19. The third kappa shape index (κ3) is 5.12. The van der Waals surface area contributed by atoms with E-state index in [9.17, 15) is 9.59 Å². The minimum absolute atomic E-state index is 0.125. The molecule has 1 heterocycles. The van der Waals surface area contributed by atoms with E-state index in [2.05, 4.69) is 20.0 Å². The average molecular weight is 336 g/mol. The highest BCUT2D eigenvalue weighted by Gasteiger charge is 2.10. The molecule has 0 aliphatic rings. The second kappa shape index (κ2) is 7.90. The Bertz CT molecular complexity index is 655. The lowest BCUT2D eigenvalue weighted by molar-refractivity contribution is -0.117. The zero-order chi connectivity index (χ0) is 15.9. The van der Waals surface area contributed by atoms with Crippen LogP contribution in [0.1, 0.15) is 18.3 Å². The summed E-state index contributed by atoms with van der Waals surface area (Å²) in [5.74, 6) is 0.521. The molecule has 0 saturated heterocycles. The predicted molar refractivity (Wildman–Crippen MR) is 88.4 cm³/mol. The molecule has 2 rings (SSSR count). The molecule has 0 fully saturated rings. The maximum absolute atomic E-state index is 11.7. The molecule has 0 spiro atoms. The van der Waals surface area contributed by atoms with Crippen LogP contribution >= 0.6 is 23.3 Å². The largest absolute Gasteiger partial charge is 0.325 e. The highest BCUT2D eigenvalue weighted by molar-refractivity contribution is 8.01. The van der Waals surface area contributed by atoms with E-state index < -0.39 is 6.03 Å². The van der Waals surface area contributed by atoms with Crippen LogP contribution in [0.3, 0.4) is 0 Å². The van der Waals surface area contributed by atoms with Crippen LogP contribution in [0.5, 0.6) is 0 Å². The molecule has 1 aromatic carbocycles. The van der Waals surface area contributed by atoms with Gasteiger partial charge in [-0.05, 0) is 30.6 Å². The maximum atomic E-state index is 11.7. The zero-order valence-corrected chi connectivity index (χ0v) is 13.9. The van der Waals surface area contributed by atoms with Crippen molar-refractivity contribution in [3.05, 3.63) is 35.7 Å².